The van der Waals surface area contributed by atoms with Crippen LogP contribution in [0.15, 0.2) is 53.5 Å². The van der Waals surface area contributed by atoms with Gasteiger partial charge < -0.3 is 9.58 Å². The fourth-order valence-electron chi connectivity index (χ4n) is 3.72. The summed E-state index contributed by atoms with van der Waals surface area (Å²) in [6.45, 7) is 7.81. The summed E-state index contributed by atoms with van der Waals surface area (Å²) in [6, 6.07) is 14.2. The van der Waals surface area contributed by atoms with Crippen LogP contribution in [0.4, 0.5) is 5.82 Å². The molecule has 1 aliphatic carbocycles. The van der Waals surface area contributed by atoms with Crippen molar-refractivity contribution in [2.24, 2.45) is 13.0 Å². The van der Waals surface area contributed by atoms with Crippen LogP contribution in [-0.4, -0.2) is 19.1 Å². The van der Waals surface area contributed by atoms with E-state index in [4.69, 9.17) is 16.3 Å². The van der Waals surface area contributed by atoms with Crippen LogP contribution in [0.1, 0.15) is 18.4 Å². The average molecular weight is 422 g/mol. The molecule has 32 heavy (non-hydrogen) atoms. The average Bonchev–Trinajstić information content (AvgIpc) is 3.62. The van der Waals surface area contributed by atoms with Gasteiger partial charge in [0.25, 0.3) is 5.82 Å². The summed E-state index contributed by atoms with van der Waals surface area (Å²) in [6.07, 6.45) is 3.82. The number of aromatic nitrogens is 4. The largest absolute Gasteiger partial charge is 0.458 e. The van der Waals surface area contributed by atoms with Gasteiger partial charge in [-0.3, -0.25) is 9.13 Å². The van der Waals surface area contributed by atoms with Gasteiger partial charge in [0.15, 0.2) is 5.65 Å². The van der Waals surface area contributed by atoms with E-state index in [1.807, 2.05) is 12.1 Å². The molecule has 1 aromatic carbocycles. The van der Waals surface area contributed by atoms with Crippen LogP contribution in [-0.2, 0) is 13.6 Å². The Morgan fingerprint density at radius 3 is 2.78 bits per heavy atom. The summed E-state index contributed by atoms with van der Waals surface area (Å²) < 4.78 is 9.22. The minimum Gasteiger partial charge on any atom is -0.458 e. The summed E-state index contributed by atoms with van der Waals surface area (Å²) in [7, 11) is 1.72. The Kier molecular flexibility index (Phi) is 4.68. The Morgan fingerprint density at radius 2 is 2.03 bits per heavy atom. The molecule has 8 nitrogen and oxygen atoms in total. The number of hydrogen-bond acceptors (Lipinski definition) is 5. The smallest absolute Gasteiger partial charge is 0.330 e. The normalized spacial score (nSPS) is 13.0. The molecule has 1 saturated carbocycles. The van der Waals surface area contributed by atoms with Gasteiger partial charge in [-0.2, -0.15) is 5.26 Å². The molecule has 156 valence electrons. The molecule has 3 aromatic heterocycles. The Morgan fingerprint density at radius 1 is 1.22 bits per heavy atom. The number of nitriles is 1. The first-order valence-electron chi connectivity index (χ1n) is 10.2. The van der Waals surface area contributed by atoms with Crippen LogP contribution in [0, 0.1) is 23.8 Å². The third-order valence-corrected chi connectivity index (χ3v) is 5.57. The number of nitrogens with zero attached hydrogens (tertiary/aromatic N) is 6. The monoisotopic (exact) mass is 422 g/mol. The fourth-order valence-corrected chi connectivity index (χ4v) is 3.72. The van der Waals surface area contributed by atoms with Crippen molar-refractivity contribution < 1.29 is 4.74 Å². The third-order valence-electron chi connectivity index (χ3n) is 5.57. The van der Waals surface area contributed by atoms with Crippen LogP contribution in [0.25, 0.3) is 27.3 Å². The summed E-state index contributed by atoms with van der Waals surface area (Å²) in [5.41, 5.74) is 2.93. The molecule has 0 aliphatic heterocycles. The molecule has 5 rings (SSSR count). The summed E-state index contributed by atoms with van der Waals surface area (Å²) in [4.78, 5) is 24.7. The topological polar surface area (TPSA) is 90.1 Å². The lowest BCUT2D eigenvalue weighted by Crippen LogP contribution is -2.22. The standard InChI is InChI=1S/C24H18N6O2/c1-26-22-12-18(9-10-27-22)32-17-6-5-16(13-25)19(11-17)20-7-8-21-23(28-20)29(2)24(31)30(21)14-15-3-4-15/h5-12,15H,3-4,14H2,2H3. The molecule has 1 aliphatic rings. The van der Waals surface area contributed by atoms with Gasteiger partial charge in [-0.1, -0.05) is 6.57 Å². The van der Waals surface area contributed by atoms with Crippen LogP contribution >= 0.6 is 0 Å². The van der Waals surface area contributed by atoms with Crippen molar-refractivity contribution in [1.29, 1.82) is 5.26 Å². The predicted molar refractivity (Wildman–Crippen MR) is 118 cm³/mol. The molecule has 0 unspecified atom stereocenters. The van der Waals surface area contributed by atoms with Crippen molar-refractivity contribution in [2.45, 2.75) is 19.4 Å². The Balaban J connectivity index is 1.56. The molecule has 8 heteroatoms. The molecule has 0 saturated heterocycles. The van der Waals surface area contributed by atoms with E-state index in [0.29, 0.717) is 46.4 Å². The number of fused-ring (bicyclic) bond motifs is 1. The van der Waals surface area contributed by atoms with Crippen LogP contribution in [0.5, 0.6) is 11.5 Å². The number of imidazole rings is 1. The quantitative estimate of drug-likeness (QED) is 0.444. The first-order chi connectivity index (χ1) is 15.6. The van der Waals surface area contributed by atoms with E-state index >= 15 is 0 Å². The van der Waals surface area contributed by atoms with Crippen molar-refractivity contribution in [3.05, 3.63) is 76.1 Å². The number of aryl methyl sites for hydroxylation is 1. The minimum absolute atomic E-state index is 0.0811. The first-order valence-corrected chi connectivity index (χ1v) is 10.2. The molecule has 1 fully saturated rings. The highest BCUT2D eigenvalue weighted by Crippen LogP contribution is 2.33. The van der Waals surface area contributed by atoms with E-state index in [1.165, 1.54) is 6.20 Å². The lowest BCUT2D eigenvalue weighted by molar-refractivity contribution is 0.482. The van der Waals surface area contributed by atoms with Crippen molar-refractivity contribution in [3.63, 3.8) is 0 Å². The molecular formula is C24H18N6O2. The summed E-state index contributed by atoms with van der Waals surface area (Å²) >= 11 is 0. The Labute approximate surface area is 183 Å². The van der Waals surface area contributed by atoms with Gasteiger partial charge in [0.05, 0.1) is 22.8 Å². The van der Waals surface area contributed by atoms with Gasteiger partial charge in [0, 0.05) is 31.3 Å². The lowest BCUT2D eigenvalue weighted by Gasteiger charge is -2.10. The highest BCUT2D eigenvalue weighted by molar-refractivity contribution is 5.78. The number of hydrogen-bond donors (Lipinski definition) is 0. The van der Waals surface area contributed by atoms with Crippen LogP contribution in [0.3, 0.4) is 0 Å². The van der Waals surface area contributed by atoms with E-state index in [1.54, 1.807) is 46.5 Å². The molecule has 0 N–H and O–H groups in total. The van der Waals surface area contributed by atoms with Gasteiger partial charge in [-0.25, -0.2) is 9.78 Å². The predicted octanol–water partition coefficient (Wildman–Crippen LogP) is 4.42. The van der Waals surface area contributed by atoms with Gasteiger partial charge >= 0.3 is 5.69 Å². The van der Waals surface area contributed by atoms with Crippen LogP contribution in [0.2, 0.25) is 0 Å². The number of benzene rings is 1. The van der Waals surface area contributed by atoms with E-state index in [-0.39, 0.29) is 11.5 Å². The van der Waals surface area contributed by atoms with E-state index in [0.717, 1.165) is 18.4 Å². The fraction of sp³-hybridized carbons (Fsp3) is 0.208. The molecule has 4 aromatic rings. The maximum atomic E-state index is 12.7. The maximum absolute atomic E-state index is 12.7. The van der Waals surface area contributed by atoms with Gasteiger partial charge in [0.2, 0.25) is 0 Å². The van der Waals surface area contributed by atoms with E-state index in [2.05, 4.69) is 15.9 Å². The number of pyridine rings is 2. The third kappa shape index (κ3) is 3.48. The van der Waals surface area contributed by atoms with Gasteiger partial charge in [0.1, 0.15) is 17.7 Å². The molecule has 3 heterocycles. The molecule has 0 bridgehead atoms. The summed E-state index contributed by atoms with van der Waals surface area (Å²) in [5.74, 6) is 1.78. The zero-order valence-corrected chi connectivity index (χ0v) is 17.3. The first kappa shape index (κ1) is 19.5. The van der Waals surface area contributed by atoms with Gasteiger partial charge in [-0.15, -0.1) is 4.98 Å². The minimum atomic E-state index is -0.0811. The van der Waals surface area contributed by atoms with Crippen LogP contribution < -0.4 is 10.4 Å². The number of rotatable bonds is 5. The zero-order chi connectivity index (χ0) is 22.2. The van der Waals surface area contributed by atoms with Crippen molar-refractivity contribution in [1.82, 2.24) is 19.1 Å². The van der Waals surface area contributed by atoms with Gasteiger partial charge in [-0.05, 0) is 49.1 Å². The van der Waals surface area contributed by atoms with E-state index in [9.17, 15) is 10.1 Å². The molecule has 0 atom stereocenters. The van der Waals surface area contributed by atoms with Crippen molar-refractivity contribution >= 4 is 17.0 Å². The second-order valence-electron chi connectivity index (χ2n) is 7.82. The maximum Gasteiger partial charge on any atom is 0.330 e. The highest BCUT2D eigenvalue weighted by Gasteiger charge is 2.25. The Hall–Kier alpha value is -4.43. The summed E-state index contributed by atoms with van der Waals surface area (Å²) in [5, 5.41) is 9.63. The van der Waals surface area contributed by atoms with Crippen molar-refractivity contribution in [2.75, 3.05) is 0 Å². The second-order valence-corrected chi connectivity index (χ2v) is 7.82. The molecule has 0 spiro atoms. The molecular weight excluding hydrogens is 404 g/mol. The van der Waals surface area contributed by atoms with Crippen molar-refractivity contribution in [3.8, 4) is 28.8 Å². The second kappa shape index (κ2) is 7.68. The number of ether oxygens (including phenoxy) is 1. The Bertz CT molecular complexity index is 1500. The molecule has 0 radical (unpaired) electrons. The van der Waals surface area contributed by atoms with E-state index < -0.39 is 0 Å². The highest BCUT2D eigenvalue weighted by atomic mass is 16.5. The zero-order valence-electron chi connectivity index (χ0n) is 17.3. The SMILES string of the molecule is [C-]#[N+]c1cc(Oc2ccc(C#N)c(-c3ccc4c(n3)n(C)c(=O)n4CC3CC3)c2)ccn1. The lowest BCUT2D eigenvalue weighted by atomic mass is 10.0. The molecule has 0 amide bonds.